The normalized spacial score (nSPS) is 10.7. The van der Waals surface area contributed by atoms with Gasteiger partial charge in [0.15, 0.2) is 5.69 Å². The van der Waals surface area contributed by atoms with Crippen LogP contribution in [0.4, 0.5) is 11.5 Å². The first-order valence-electron chi connectivity index (χ1n) is 7.44. The largest absolute Gasteiger partial charge is 0.369 e. The molecule has 0 saturated carbocycles. The highest BCUT2D eigenvalue weighted by molar-refractivity contribution is 6.35. The molecule has 0 aliphatic carbocycles. The Hall–Kier alpha value is -1.89. The van der Waals surface area contributed by atoms with E-state index >= 15 is 0 Å². The highest BCUT2D eigenvalue weighted by Crippen LogP contribution is 2.22. The first-order valence-corrected chi connectivity index (χ1v) is 8.19. The zero-order valence-electron chi connectivity index (χ0n) is 13.5. The molecule has 8 heteroatoms. The summed E-state index contributed by atoms with van der Waals surface area (Å²) in [6, 6.07) is 8.15. The van der Waals surface area contributed by atoms with Crippen molar-refractivity contribution in [2.75, 3.05) is 37.8 Å². The molecule has 0 fully saturated rings. The molecule has 1 amide bonds. The number of halogens is 2. The molecule has 2 rings (SSSR count). The summed E-state index contributed by atoms with van der Waals surface area (Å²) >= 11 is 11.8. The van der Waals surface area contributed by atoms with Crippen LogP contribution in [0.2, 0.25) is 10.0 Å². The van der Waals surface area contributed by atoms with Crippen LogP contribution in [0.25, 0.3) is 0 Å². The van der Waals surface area contributed by atoms with E-state index in [9.17, 15) is 4.79 Å². The van der Waals surface area contributed by atoms with E-state index < -0.39 is 0 Å². The summed E-state index contributed by atoms with van der Waals surface area (Å²) in [5.74, 6) is 0.260. The van der Waals surface area contributed by atoms with Crippen molar-refractivity contribution in [3.63, 3.8) is 0 Å². The van der Waals surface area contributed by atoms with E-state index in [0.29, 0.717) is 21.6 Å². The Balaban J connectivity index is 1.91. The molecule has 0 saturated heterocycles. The summed E-state index contributed by atoms with van der Waals surface area (Å²) in [5, 5.41) is 14.7. The number of aromatic nitrogens is 2. The van der Waals surface area contributed by atoms with Gasteiger partial charge in [-0.2, -0.15) is 0 Å². The number of carbonyl (C=O) groups is 1. The monoisotopic (exact) mass is 367 g/mol. The van der Waals surface area contributed by atoms with E-state index in [0.717, 1.165) is 19.5 Å². The Bertz CT molecular complexity index is 671. The lowest BCUT2D eigenvalue weighted by molar-refractivity contribution is 0.102. The summed E-state index contributed by atoms with van der Waals surface area (Å²) in [7, 11) is 4.06. The maximum atomic E-state index is 12.2. The number of hydrogen-bond acceptors (Lipinski definition) is 5. The van der Waals surface area contributed by atoms with Gasteiger partial charge in [-0.1, -0.05) is 23.2 Å². The third kappa shape index (κ3) is 5.96. The summed E-state index contributed by atoms with van der Waals surface area (Å²) in [6.45, 7) is 1.78. The smallest absolute Gasteiger partial charge is 0.276 e. The lowest BCUT2D eigenvalue weighted by Gasteiger charge is -2.10. The molecule has 24 heavy (non-hydrogen) atoms. The van der Waals surface area contributed by atoms with Gasteiger partial charge in [-0.05, 0) is 57.4 Å². The molecule has 1 heterocycles. The van der Waals surface area contributed by atoms with Crippen molar-refractivity contribution >= 4 is 40.6 Å². The summed E-state index contributed by atoms with van der Waals surface area (Å²) in [5.41, 5.74) is 0.718. The molecule has 0 spiro atoms. The van der Waals surface area contributed by atoms with Crippen LogP contribution in [0.5, 0.6) is 0 Å². The van der Waals surface area contributed by atoms with Crippen molar-refractivity contribution in [1.82, 2.24) is 15.1 Å². The SMILES string of the molecule is CN(C)CCCNc1ccc(C(=O)Nc2cc(Cl)cc(Cl)c2)nn1. The lowest BCUT2D eigenvalue weighted by Crippen LogP contribution is -2.17. The topological polar surface area (TPSA) is 70.2 Å². The van der Waals surface area contributed by atoms with E-state index in [-0.39, 0.29) is 11.6 Å². The van der Waals surface area contributed by atoms with E-state index in [1.165, 1.54) is 0 Å². The van der Waals surface area contributed by atoms with Crippen LogP contribution in [0.3, 0.4) is 0 Å². The van der Waals surface area contributed by atoms with Crippen molar-refractivity contribution in [3.05, 3.63) is 46.1 Å². The molecule has 0 bridgehead atoms. The molecule has 1 aromatic carbocycles. The molecule has 2 aromatic rings. The van der Waals surface area contributed by atoms with Crippen LogP contribution in [-0.4, -0.2) is 48.2 Å². The fourth-order valence-corrected chi connectivity index (χ4v) is 2.51. The van der Waals surface area contributed by atoms with Gasteiger partial charge in [-0.3, -0.25) is 4.79 Å². The number of rotatable bonds is 7. The Labute approximate surface area is 151 Å². The molecular weight excluding hydrogens is 349 g/mol. The number of hydrogen-bond donors (Lipinski definition) is 2. The Morgan fingerprint density at radius 1 is 1.12 bits per heavy atom. The van der Waals surface area contributed by atoms with Gasteiger partial charge in [-0.15, -0.1) is 10.2 Å². The second-order valence-electron chi connectivity index (χ2n) is 5.50. The number of anilines is 2. The lowest BCUT2D eigenvalue weighted by atomic mass is 10.3. The van der Waals surface area contributed by atoms with Crippen molar-refractivity contribution < 1.29 is 4.79 Å². The maximum absolute atomic E-state index is 12.2. The van der Waals surface area contributed by atoms with E-state index in [2.05, 4.69) is 25.7 Å². The predicted molar refractivity (Wildman–Crippen MR) is 98.1 cm³/mol. The van der Waals surface area contributed by atoms with Gasteiger partial charge in [0.05, 0.1) is 0 Å². The second-order valence-corrected chi connectivity index (χ2v) is 6.37. The van der Waals surface area contributed by atoms with Gasteiger partial charge in [0.25, 0.3) is 5.91 Å². The second kappa shape index (κ2) is 8.82. The van der Waals surface area contributed by atoms with Crippen LogP contribution in [0.15, 0.2) is 30.3 Å². The Kier molecular flexibility index (Phi) is 6.78. The molecule has 1 aromatic heterocycles. The van der Waals surface area contributed by atoms with Crippen molar-refractivity contribution in [2.24, 2.45) is 0 Å². The van der Waals surface area contributed by atoms with Gasteiger partial charge in [0, 0.05) is 22.3 Å². The Morgan fingerprint density at radius 3 is 2.42 bits per heavy atom. The van der Waals surface area contributed by atoms with Crippen LogP contribution < -0.4 is 10.6 Å². The molecule has 0 aliphatic heterocycles. The molecule has 0 unspecified atom stereocenters. The number of amides is 1. The predicted octanol–water partition coefficient (Wildman–Crippen LogP) is 3.40. The minimum atomic E-state index is -0.375. The minimum absolute atomic E-state index is 0.213. The van der Waals surface area contributed by atoms with E-state index in [1.807, 2.05) is 14.1 Å². The zero-order chi connectivity index (χ0) is 17.5. The third-order valence-corrected chi connectivity index (χ3v) is 3.54. The molecule has 0 radical (unpaired) electrons. The summed E-state index contributed by atoms with van der Waals surface area (Å²) in [4.78, 5) is 14.3. The van der Waals surface area contributed by atoms with Crippen molar-refractivity contribution in [2.45, 2.75) is 6.42 Å². The molecule has 0 atom stereocenters. The molecule has 2 N–H and O–H groups in total. The quantitative estimate of drug-likeness (QED) is 0.733. The number of benzene rings is 1. The van der Waals surface area contributed by atoms with Crippen LogP contribution in [0, 0.1) is 0 Å². The first kappa shape index (κ1) is 18.4. The van der Waals surface area contributed by atoms with Gasteiger partial charge >= 0.3 is 0 Å². The zero-order valence-corrected chi connectivity index (χ0v) is 15.0. The fourth-order valence-electron chi connectivity index (χ4n) is 1.98. The highest BCUT2D eigenvalue weighted by Gasteiger charge is 2.09. The molecule has 128 valence electrons. The number of nitrogens with one attached hydrogen (secondary N) is 2. The van der Waals surface area contributed by atoms with Gasteiger partial charge in [-0.25, -0.2) is 0 Å². The van der Waals surface area contributed by atoms with Gasteiger partial charge in [0.2, 0.25) is 0 Å². The third-order valence-electron chi connectivity index (χ3n) is 3.11. The van der Waals surface area contributed by atoms with Crippen molar-refractivity contribution in [1.29, 1.82) is 0 Å². The summed E-state index contributed by atoms with van der Waals surface area (Å²) < 4.78 is 0. The van der Waals surface area contributed by atoms with Crippen molar-refractivity contribution in [3.8, 4) is 0 Å². The first-order chi connectivity index (χ1) is 11.4. The average Bonchev–Trinajstić information content (AvgIpc) is 2.51. The fraction of sp³-hybridized carbons (Fsp3) is 0.312. The molecule has 6 nitrogen and oxygen atoms in total. The standard InChI is InChI=1S/C16H19Cl2N5O/c1-23(2)7-3-6-19-15-5-4-14(21-22-15)16(24)20-13-9-11(17)8-12(18)10-13/h4-5,8-10H,3,6-7H2,1-2H3,(H,19,22)(H,20,24). The van der Waals surface area contributed by atoms with Crippen LogP contribution >= 0.6 is 23.2 Å². The van der Waals surface area contributed by atoms with Crippen LogP contribution in [-0.2, 0) is 0 Å². The maximum Gasteiger partial charge on any atom is 0.276 e. The van der Waals surface area contributed by atoms with Gasteiger partial charge in [0.1, 0.15) is 5.82 Å². The van der Waals surface area contributed by atoms with E-state index in [1.54, 1.807) is 30.3 Å². The van der Waals surface area contributed by atoms with E-state index in [4.69, 9.17) is 23.2 Å². The Morgan fingerprint density at radius 2 is 1.83 bits per heavy atom. The van der Waals surface area contributed by atoms with Crippen LogP contribution in [0.1, 0.15) is 16.9 Å². The number of carbonyl (C=O) groups excluding carboxylic acids is 1. The summed E-state index contributed by atoms with van der Waals surface area (Å²) in [6.07, 6.45) is 0.993. The highest BCUT2D eigenvalue weighted by atomic mass is 35.5. The minimum Gasteiger partial charge on any atom is -0.369 e. The number of nitrogens with zero attached hydrogens (tertiary/aromatic N) is 3. The van der Waals surface area contributed by atoms with Gasteiger partial charge < -0.3 is 15.5 Å². The molecular formula is C16H19Cl2N5O. The molecule has 0 aliphatic rings. The average molecular weight is 368 g/mol.